The molecule has 0 atom stereocenters. The summed E-state index contributed by atoms with van der Waals surface area (Å²) < 4.78 is 38.3. The van der Waals surface area contributed by atoms with Crippen molar-refractivity contribution in [2.24, 2.45) is 5.10 Å². The predicted octanol–water partition coefficient (Wildman–Crippen LogP) is 1.30. The molecule has 0 aliphatic carbocycles. The van der Waals surface area contributed by atoms with Crippen LogP contribution in [0.15, 0.2) is 58.5 Å². The van der Waals surface area contributed by atoms with Gasteiger partial charge < -0.3 is 5.11 Å². The molecule has 0 spiro atoms. The van der Waals surface area contributed by atoms with Crippen LogP contribution in [0.1, 0.15) is 5.56 Å². The lowest BCUT2D eigenvalue weighted by molar-refractivity contribution is -0.121. The van der Waals surface area contributed by atoms with Crippen LogP contribution in [-0.4, -0.2) is 43.5 Å². The SMILES string of the molecule is CN(CC(=O)N/N=C\c1ccccc1O)S(=O)(=O)c1ccc(F)cc1. The van der Waals surface area contributed by atoms with Crippen molar-refractivity contribution in [3.8, 4) is 5.75 Å². The fourth-order valence-electron chi connectivity index (χ4n) is 1.88. The summed E-state index contributed by atoms with van der Waals surface area (Å²) in [5, 5.41) is 13.2. The monoisotopic (exact) mass is 365 g/mol. The largest absolute Gasteiger partial charge is 0.507 e. The second-order valence-corrected chi connectivity index (χ2v) is 7.11. The Morgan fingerprint density at radius 1 is 1.24 bits per heavy atom. The Bertz CT molecular complexity index is 883. The van der Waals surface area contributed by atoms with E-state index >= 15 is 0 Å². The Morgan fingerprint density at radius 2 is 1.88 bits per heavy atom. The van der Waals surface area contributed by atoms with Crippen LogP contribution in [0.3, 0.4) is 0 Å². The van der Waals surface area contributed by atoms with Crippen LogP contribution < -0.4 is 5.43 Å². The molecule has 0 saturated heterocycles. The lowest BCUT2D eigenvalue weighted by atomic mass is 10.2. The molecule has 0 fully saturated rings. The number of phenols is 1. The summed E-state index contributed by atoms with van der Waals surface area (Å²) in [4.78, 5) is 11.7. The van der Waals surface area contributed by atoms with E-state index in [2.05, 4.69) is 10.5 Å². The Balaban J connectivity index is 1.97. The number of amides is 1. The van der Waals surface area contributed by atoms with E-state index in [0.717, 1.165) is 28.6 Å². The van der Waals surface area contributed by atoms with Gasteiger partial charge in [0.25, 0.3) is 5.91 Å². The fraction of sp³-hybridized carbons (Fsp3) is 0.125. The fourth-order valence-corrected chi connectivity index (χ4v) is 3.01. The summed E-state index contributed by atoms with van der Waals surface area (Å²) in [5.41, 5.74) is 2.57. The molecule has 0 bridgehead atoms. The average molecular weight is 365 g/mol. The van der Waals surface area contributed by atoms with Crippen molar-refractivity contribution < 1.29 is 22.7 Å². The maximum absolute atomic E-state index is 12.9. The molecule has 0 aliphatic heterocycles. The van der Waals surface area contributed by atoms with Crippen LogP contribution in [-0.2, 0) is 14.8 Å². The van der Waals surface area contributed by atoms with Gasteiger partial charge in [-0.05, 0) is 36.4 Å². The second kappa shape index (κ2) is 7.86. The van der Waals surface area contributed by atoms with Crippen molar-refractivity contribution in [2.75, 3.05) is 13.6 Å². The highest BCUT2D eigenvalue weighted by molar-refractivity contribution is 7.89. The molecule has 0 unspecified atom stereocenters. The number of nitrogens with one attached hydrogen (secondary N) is 1. The van der Waals surface area contributed by atoms with Gasteiger partial charge in [-0.3, -0.25) is 4.79 Å². The minimum atomic E-state index is -3.92. The molecule has 0 saturated carbocycles. The number of aromatic hydroxyl groups is 1. The van der Waals surface area contributed by atoms with E-state index in [0.29, 0.717) is 5.56 Å². The zero-order valence-electron chi connectivity index (χ0n) is 13.3. The van der Waals surface area contributed by atoms with Gasteiger partial charge in [0.05, 0.1) is 17.7 Å². The molecule has 7 nitrogen and oxygen atoms in total. The number of carbonyl (C=O) groups is 1. The van der Waals surface area contributed by atoms with Crippen LogP contribution in [0.5, 0.6) is 5.75 Å². The van der Waals surface area contributed by atoms with Gasteiger partial charge in [0.15, 0.2) is 0 Å². The third-order valence-electron chi connectivity index (χ3n) is 3.22. The van der Waals surface area contributed by atoms with Crippen LogP contribution in [0.25, 0.3) is 0 Å². The Morgan fingerprint density at radius 3 is 2.52 bits per heavy atom. The van der Waals surface area contributed by atoms with E-state index in [1.807, 2.05) is 0 Å². The number of nitrogens with zero attached hydrogens (tertiary/aromatic N) is 2. The highest BCUT2D eigenvalue weighted by atomic mass is 32.2. The Hall–Kier alpha value is -2.78. The maximum atomic E-state index is 12.9. The molecular formula is C16H16FN3O4S. The summed E-state index contributed by atoms with van der Waals surface area (Å²) in [5.74, 6) is -1.23. The topological polar surface area (TPSA) is 99.1 Å². The van der Waals surface area contributed by atoms with E-state index in [9.17, 15) is 22.7 Å². The number of halogens is 1. The van der Waals surface area contributed by atoms with Crippen molar-refractivity contribution in [1.82, 2.24) is 9.73 Å². The quantitative estimate of drug-likeness (QED) is 0.595. The van der Waals surface area contributed by atoms with Gasteiger partial charge in [-0.2, -0.15) is 9.41 Å². The number of phenolic OH excluding ortho intramolecular Hbond substituents is 1. The standard InChI is InChI=1S/C16H16FN3O4S/c1-20(25(23,24)14-8-6-13(17)7-9-14)11-16(22)19-18-10-12-4-2-3-5-15(12)21/h2-10,21H,11H2,1H3,(H,19,22)/b18-10-. The van der Waals surface area contributed by atoms with E-state index in [-0.39, 0.29) is 10.6 Å². The van der Waals surface area contributed by atoms with E-state index in [1.165, 1.54) is 19.3 Å². The molecule has 0 radical (unpaired) electrons. The summed E-state index contributed by atoms with van der Waals surface area (Å²) in [6.45, 7) is -0.474. The van der Waals surface area contributed by atoms with Crippen molar-refractivity contribution in [3.05, 3.63) is 59.9 Å². The third-order valence-corrected chi connectivity index (χ3v) is 5.04. The van der Waals surface area contributed by atoms with E-state index in [4.69, 9.17) is 0 Å². The van der Waals surface area contributed by atoms with Crippen molar-refractivity contribution >= 4 is 22.1 Å². The molecule has 2 aromatic rings. The minimum absolute atomic E-state index is 0.00324. The van der Waals surface area contributed by atoms with Crippen molar-refractivity contribution in [3.63, 3.8) is 0 Å². The number of hydrazone groups is 1. The number of sulfonamides is 1. The van der Waals surface area contributed by atoms with Crippen LogP contribution in [0, 0.1) is 5.82 Å². The molecule has 1 amide bonds. The average Bonchev–Trinajstić information content (AvgIpc) is 2.57. The molecule has 2 rings (SSSR count). The maximum Gasteiger partial charge on any atom is 0.255 e. The normalized spacial score (nSPS) is 11.8. The number of hydrogen-bond donors (Lipinski definition) is 2. The molecule has 132 valence electrons. The van der Waals surface area contributed by atoms with Gasteiger partial charge in [0.1, 0.15) is 11.6 Å². The molecule has 2 N–H and O–H groups in total. The van der Waals surface area contributed by atoms with Crippen LogP contribution in [0.4, 0.5) is 4.39 Å². The molecule has 0 aliphatic rings. The summed E-state index contributed by atoms with van der Waals surface area (Å²) in [6.07, 6.45) is 1.24. The van der Waals surface area contributed by atoms with Gasteiger partial charge in [-0.25, -0.2) is 18.2 Å². The first kappa shape index (κ1) is 18.6. The van der Waals surface area contributed by atoms with Crippen molar-refractivity contribution in [1.29, 1.82) is 0 Å². The van der Waals surface area contributed by atoms with Gasteiger partial charge in [-0.15, -0.1) is 0 Å². The molecule has 2 aromatic carbocycles. The number of carbonyl (C=O) groups excluding carboxylic acids is 1. The highest BCUT2D eigenvalue weighted by Crippen LogP contribution is 2.14. The van der Waals surface area contributed by atoms with E-state index < -0.39 is 28.3 Å². The lowest BCUT2D eigenvalue weighted by Crippen LogP contribution is -2.36. The minimum Gasteiger partial charge on any atom is -0.507 e. The van der Waals surface area contributed by atoms with Crippen LogP contribution >= 0.6 is 0 Å². The number of benzene rings is 2. The Kier molecular flexibility index (Phi) is 5.84. The summed E-state index contributed by atoms with van der Waals surface area (Å²) >= 11 is 0. The van der Waals surface area contributed by atoms with Crippen molar-refractivity contribution in [2.45, 2.75) is 4.90 Å². The Labute approximate surface area is 144 Å². The first-order chi connectivity index (χ1) is 11.8. The van der Waals surface area contributed by atoms with E-state index in [1.54, 1.807) is 18.2 Å². The summed E-state index contributed by atoms with van der Waals surface area (Å²) in [7, 11) is -2.69. The number of para-hydroxylation sites is 1. The molecule has 9 heteroatoms. The zero-order valence-corrected chi connectivity index (χ0v) is 14.1. The van der Waals surface area contributed by atoms with Crippen LogP contribution in [0.2, 0.25) is 0 Å². The first-order valence-electron chi connectivity index (χ1n) is 7.12. The smallest absolute Gasteiger partial charge is 0.255 e. The predicted molar refractivity (Wildman–Crippen MR) is 90.1 cm³/mol. The number of hydrogen-bond acceptors (Lipinski definition) is 5. The molecule has 0 heterocycles. The second-order valence-electron chi connectivity index (χ2n) is 5.07. The zero-order chi connectivity index (χ0) is 18.4. The first-order valence-corrected chi connectivity index (χ1v) is 8.56. The highest BCUT2D eigenvalue weighted by Gasteiger charge is 2.22. The van der Waals surface area contributed by atoms with Gasteiger partial charge in [0.2, 0.25) is 10.0 Å². The van der Waals surface area contributed by atoms with Gasteiger partial charge in [0, 0.05) is 12.6 Å². The molecule has 25 heavy (non-hydrogen) atoms. The van der Waals surface area contributed by atoms with Gasteiger partial charge >= 0.3 is 0 Å². The van der Waals surface area contributed by atoms with Gasteiger partial charge in [-0.1, -0.05) is 12.1 Å². The third kappa shape index (κ3) is 4.85. The lowest BCUT2D eigenvalue weighted by Gasteiger charge is -2.16. The molecular weight excluding hydrogens is 349 g/mol. The number of likely N-dealkylation sites (N-methyl/N-ethyl adjacent to an activating group) is 1. The summed E-state index contributed by atoms with van der Waals surface area (Å²) in [6, 6.07) is 10.7. The number of rotatable bonds is 6. The molecule has 0 aromatic heterocycles.